The van der Waals surface area contributed by atoms with E-state index in [2.05, 4.69) is 10.6 Å². The molecule has 2 N–H and O–H groups in total. The highest BCUT2D eigenvalue weighted by atomic mass is 19.1. The number of carbonyl (C=O) groups is 1. The van der Waals surface area contributed by atoms with Gasteiger partial charge in [0.25, 0.3) is 0 Å². The molecule has 2 rings (SSSR count). The molecular weight excluding hydrogens is 243 g/mol. The van der Waals surface area contributed by atoms with Crippen molar-refractivity contribution in [2.24, 2.45) is 0 Å². The van der Waals surface area contributed by atoms with Gasteiger partial charge >= 0.3 is 0 Å². The smallest absolute Gasteiger partial charge is 0.242 e. The van der Waals surface area contributed by atoms with Crippen LogP contribution in [0, 0.1) is 5.82 Å². The van der Waals surface area contributed by atoms with Crippen molar-refractivity contribution >= 4 is 11.6 Å². The van der Waals surface area contributed by atoms with Crippen LogP contribution in [0.1, 0.15) is 39.0 Å². The van der Waals surface area contributed by atoms with Crippen molar-refractivity contribution in [3.05, 3.63) is 30.1 Å². The number of halogens is 1. The fourth-order valence-corrected chi connectivity index (χ4v) is 2.43. The van der Waals surface area contributed by atoms with Gasteiger partial charge in [-0.2, -0.15) is 0 Å². The molecule has 0 radical (unpaired) electrons. The lowest BCUT2D eigenvalue weighted by molar-refractivity contribution is -0.122. The van der Waals surface area contributed by atoms with E-state index < -0.39 is 0 Å². The van der Waals surface area contributed by atoms with Crippen LogP contribution in [0.5, 0.6) is 0 Å². The van der Waals surface area contributed by atoms with Gasteiger partial charge in [0.05, 0.1) is 0 Å². The van der Waals surface area contributed by atoms with Crippen LogP contribution < -0.4 is 10.6 Å². The van der Waals surface area contributed by atoms with Gasteiger partial charge in [-0.25, -0.2) is 4.39 Å². The molecule has 0 heterocycles. The Hall–Kier alpha value is -1.58. The molecule has 0 bridgehead atoms. The van der Waals surface area contributed by atoms with Crippen molar-refractivity contribution in [3.8, 4) is 0 Å². The maximum Gasteiger partial charge on any atom is 0.242 e. The lowest BCUT2D eigenvalue weighted by atomic mass is 9.95. The number of nitrogens with one attached hydrogen (secondary N) is 2. The van der Waals surface area contributed by atoms with Crippen LogP contribution in [0.25, 0.3) is 0 Å². The lowest BCUT2D eigenvalue weighted by Crippen LogP contribution is -2.43. The van der Waals surface area contributed by atoms with Gasteiger partial charge in [-0.3, -0.25) is 4.79 Å². The second-order valence-electron chi connectivity index (χ2n) is 5.22. The molecular formula is C15H21FN2O. The Morgan fingerprint density at radius 2 is 1.84 bits per heavy atom. The van der Waals surface area contributed by atoms with Crippen LogP contribution in [0.4, 0.5) is 10.1 Å². The Bertz CT molecular complexity index is 413. The van der Waals surface area contributed by atoms with Gasteiger partial charge in [-0.1, -0.05) is 19.3 Å². The molecule has 0 saturated heterocycles. The minimum absolute atomic E-state index is 0.0104. The van der Waals surface area contributed by atoms with Crippen molar-refractivity contribution in [3.63, 3.8) is 0 Å². The quantitative estimate of drug-likeness (QED) is 0.877. The Morgan fingerprint density at radius 3 is 2.47 bits per heavy atom. The van der Waals surface area contributed by atoms with Crippen LogP contribution in [-0.2, 0) is 4.79 Å². The third-order valence-corrected chi connectivity index (χ3v) is 3.57. The molecule has 1 aliphatic rings. The minimum atomic E-state index is -0.313. The summed E-state index contributed by atoms with van der Waals surface area (Å²) in [5.74, 6) is -0.263. The molecule has 0 aliphatic heterocycles. The topological polar surface area (TPSA) is 41.1 Å². The molecule has 1 amide bonds. The summed E-state index contributed by atoms with van der Waals surface area (Å²) in [4.78, 5) is 12.0. The van der Waals surface area contributed by atoms with Gasteiger partial charge in [-0.05, 0) is 44.0 Å². The minimum Gasteiger partial charge on any atom is -0.374 e. The van der Waals surface area contributed by atoms with Gasteiger partial charge in [0, 0.05) is 11.7 Å². The van der Waals surface area contributed by atoms with Gasteiger partial charge in [-0.15, -0.1) is 0 Å². The average Bonchev–Trinajstić information content (AvgIpc) is 2.42. The van der Waals surface area contributed by atoms with E-state index in [0.717, 1.165) is 18.5 Å². The zero-order chi connectivity index (χ0) is 13.7. The molecule has 0 spiro atoms. The fraction of sp³-hybridized carbons (Fsp3) is 0.533. The van der Waals surface area contributed by atoms with Crippen LogP contribution in [0.2, 0.25) is 0 Å². The Labute approximate surface area is 113 Å². The molecule has 1 aromatic rings. The molecule has 1 atom stereocenters. The molecule has 19 heavy (non-hydrogen) atoms. The third kappa shape index (κ3) is 4.23. The third-order valence-electron chi connectivity index (χ3n) is 3.57. The predicted molar refractivity (Wildman–Crippen MR) is 74.5 cm³/mol. The molecule has 1 saturated carbocycles. The SMILES string of the molecule is CC(Nc1ccc(F)cc1)C(=O)NC1CCCCC1. The predicted octanol–water partition coefficient (Wildman–Crippen LogP) is 3.08. The molecule has 4 heteroatoms. The summed E-state index contributed by atoms with van der Waals surface area (Å²) in [5.41, 5.74) is 0.757. The van der Waals surface area contributed by atoms with Crippen LogP contribution in [-0.4, -0.2) is 18.0 Å². The number of amides is 1. The summed E-state index contributed by atoms with van der Waals surface area (Å²) in [6, 6.07) is 6.05. The van der Waals surface area contributed by atoms with Crippen LogP contribution in [0.3, 0.4) is 0 Å². The van der Waals surface area contributed by atoms with E-state index in [1.165, 1.54) is 31.4 Å². The highest BCUT2D eigenvalue weighted by Gasteiger charge is 2.19. The van der Waals surface area contributed by atoms with Gasteiger partial charge in [0.1, 0.15) is 11.9 Å². The summed E-state index contributed by atoms with van der Waals surface area (Å²) in [5, 5.41) is 6.15. The molecule has 1 fully saturated rings. The van der Waals surface area contributed by atoms with Crippen molar-refractivity contribution < 1.29 is 9.18 Å². The number of rotatable bonds is 4. The first kappa shape index (κ1) is 13.8. The standard InChI is InChI=1S/C15H21FN2O/c1-11(17-14-9-7-12(16)8-10-14)15(19)18-13-5-3-2-4-6-13/h7-11,13,17H,2-6H2,1H3,(H,18,19). The number of hydrogen-bond acceptors (Lipinski definition) is 2. The van der Waals surface area contributed by atoms with Crippen molar-refractivity contribution in [2.45, 2.75) is 51.1 Å². The van der Waals surface area contributed by atoms with Gasteiger partial charge in [0.2, 0.25) is 5.91 Å². The second-order valence-corrected chi connectivity index (χ2v) is 5.22. The average molecular weight is 264 g/mol. The van der Waals surface area contributed by atoms with E-state index in [9.17, 15) is 9.18 Å². The van der Waals surface area contributed by atoms with E-state index in [1.54, 1.807) is 12.1 Å². The summed E-state index contributed by atoms with van der Waals surface area (Å²) in [6.07, 6.45) is 5.83. The highest BCUT2D eigenvalue weighted by Crippen LogP contribution is 2.17. The Kier molecular flexibility index (Phi) is 4.77. The maximum absolute atomic E-state index is 12.8. The monoisotopic (exact) mass is 264 g/mol. The maximum atomic E-state index is 12.8. The zero-order valence-electron chi connectivity index (χ0n) is 11.3. The van der Waals surface area contributed by atoms with Gasteiger partial charge < -0.3 is 10.6 Å². The first-order valence-electron chi connectivity index (χ1n) is 6.97. The normalized spacial score (nSPS) is 17.8. The Morgan fingerprint density at radius 1 is 1.21 bits per heavy atom. The summed E-state index contributed by atoms with van der Waals surface area (Å²) in [7, 11) is 0. The molecule has 0 aromatic heterocycles. The fourth-order valence-electron chi connectivity index (χ4n) is 2.43. The molecule has 3 nitrogen and oxygen atoms in total. The number of hydrogen-bond donors (Lipinski definition) is 2. The molecule has 1 unspecified atom stereocenters. The van der Waals surface area contributed by atoms with E-state index in [4.69, 9.17) is 0 Å². The second kappa shape index (κ2) is 6.55. The highest BCUT2D eigenvalue weighted by molar-refractivity contribution is 5.84. The van der Waals surface area contributed by atoms with Crippen molar-refractivity contribution in [1.82, 2.24) is 5.32 Å². The van der Waals surface area contributed by atoms with Crippen molar-refractivity contribution in [1.29, 1.82) is 0 Å². The number of carbonyl (C=O) groups excluding carboxylic acids is 1. The lowest BCUT2D eigenvalue weighted by Gasteiger charge is -2.25. The summed E-state index contributed by atoms with van der Waals surface area (Å²) < 4.78 is 12.8. The number of benzene rings is 1. The Balaban J connectivity index is 1.83. The van der Waals surface area contributed by atoms with E-state index in [-0.39, 0.29) is 17.8 Å². The first-order valence-corrected chi connectivity index (χ1v) is 6.97. The van der Waals surface area contributed by atoms with Crippen LogP contribution >= 0.6 is 0 Å². The zero-order valence-corrected chi connectivity index (χ0v) is 11.3. The van der Waals surface area contributed by atoms with Crippen LogP contribution in [0.15, 0.2) is 24.3 Å². The first-order chi connectivity index (χ1) is 9.15. The van der Waals surface area contributed by atoms with Crippen molar-refractivity contribution in [2.75, 3.05) is 5.32 Å². The largest absolute Gasteiger partial charge is 0.374 e. The van der Waals surface area contributed by atoms with E-state index in [1.807, 2.05) is 6.92 Å². The molecule has 1 aromatic carbocycles. The molecule has 104 valence electrons. The van der Waals surface area contributed by atoms with Gasteiger partial charge in [0.15, 0.2) is 0 Å². The summed E-state index contributed by atoms with van der Waals surface area (Å²) in [6.45, 7) is 1.82. The van der Waals surface area contributed by atoms with E-state index in [0.29, 0.717) is 6.04 Å². The summed E-state index contributed by atoms with van der Waals surface area (Å²) >= 11 is 0. The van der Waals surface area contributed by atoms with E-state index >= 15 is 0 Å². The molecule has 1 aliphatic carbocycles. The number of anilines is 1.